The minimum atomic E-state index is -0.190. The van der Waals surface area contributed by atoms with Crippen molar-refractivity contribution in [2.45, 2.75) is 20.8 Å². The number of carbonyl (C=O) groups excluding carboxylic acids is 1. The van der Waals surface area contributed by atoms with Crippen molar-refractivity contribution in [2.24, 2.45) is 0 Å². The number of benzene rings is 2. The molecule has 0 aliphatic heterocycles. The number of hydrogen-bond donors (Lipinski definition) is 1. The molecule has 1 N–H and O–H groups in total. The van der Waals surface area contributed by atoms with Crippen LogP contribution in [0.15, 0.2) is 54.7 Å². The Morgan fingerprint density at radius 2 is 1.58 bits per heavy atom. The Labute approximate surface area is 141 Å². The molecule has 0 unspecified atom stereocenters. The fourth-order valence-corrected chi connectivity index (χ4v) is 2.61. The van der Waals surface area contributed by atoms with Crippen LogP contribution in [0, 0.1) is 20.8 Å². The van der Waals surface area contributed by atoms with Crippen molar-refractivity contribution in [1.29, 1.82) is 0 Å². The van der Waals surface area contributed by atoms with Crippen LogP contribution in [0.1, 0.15) is 27.2 Å². The number of amides is 1. The van der Waals surface area contributed by atoms with E-state index in [1.54, 1.807) is 6.20 Å². The normalized spacial score (nSPS) is 10.5. The fourth-order valence-electron chi connectivity index (χ4n) is 2.61. The van der Waals surface area contributed by atoms with Crippen LogP contribution < -0.4 is 5.32 Å². The molecule has 1 heterocycles. The second-order valence-electron chi connectivity index (χ2n) is 5.78. The summed E-state index contributed by atoms with van der Waals surface area (Å²) in [5.41, 5.74) is 4.98. The molecule has 4 nitrogen and oxygen atoms in total. The zero-order chi connectivity index (χ0) is 17.1. The average molecular weight is 317 g/mol. The van der Waals surface area contributed by atoms with Crippen molar-refractivity contribution < 1.29 is 4.79 Å². The lowest BCUT2D eigenvalue weighted by Gasteiger charge is -2.12. The molecule has 0 atom stereocenters. The highest BCUT2D eigenvalue weighted by Crippen LogP contribution is 2.21. The van der Waals surface area contributed by atoms with E-state index in [2.05, 4.69) is 15.3 Å². The maximum Gasteiger partial charge on any atom is 0.259 e. The molecule has 0 saturated carbocycles. The van der Waals surface area contributed by atoms with E-state index in [1.807, 2.05) is 69.3 Å². The molecular formula is C20H19N3O. The summed E-state index contributed by atoms with van der Waals surface area (Å²) in [7, 11) is 0. The third kappa shape index (κ3) is 3.18. The predicted octanol–water partition coefficient (Wildman–Crippen LogP) is 4.32. The second kappa shape index (κ2) is 6.62. The van der Waals surface area contributed by atoms with E-state index in [0.717, 1.165) is 22.4 Å². The summed E-state index contributed by atoms with van der Waals surface area (Å²) in [5, 5.41) is 2.98. The largest absolute Gasteiger partial charge is 0.321 e. The Morgan fingerprint density at radius 1 is 0.917 bits per heavy atom. The second-order valence-corrected chi connectivity index (χ2v) is 5.78. The first-order chi connectivity index (χ1) is 11.6. The quantitative estimate of drug-likeness (QED) is 0.782. The van der Waals surface area contributed by atoms with Crippen LogP contribution in [0.5, 0.6) is 0 Å². The van der Waals surface area contributed by atoms with Gasteiger partial charge in [-0.05, 0) is 31.9 Å². The van der Waals surface area contributed by atoms with E-state index < -0.39 is 0 Å². The molecule has 0 aliphatic rings. The Hall–Kier alpha value is -3.01. The van der Waals surface area contributed by atoms with Crippen molar-refractivity contribution in [3.63, 3.8) is 0 Å². The minimum absolute atomic E-state index is 0.190. The standard InChI is InChI=1S/C20H19N3O/c1-13-8-7-9-14(2)18(13)23-20(24)17-12-21-19(22-15(17)3)16-10-5-4-6-11-16/h4-12H,1-3H3,(H,23,24). The van der Waals surface area contributed by atoms with Crippen LogP contribution >= 0.6 is 0 Å². The smallest absolute Gasteiger partial charge is 0.259 e. The highest BCUT2D eigenvalue weighted by Gasteiger charge is 2.14. The van der Waals surface area contributed by atoms with Crippen LogP contribution in [0.25, 0.3) is 11.4 Å². The van der Waals surface area contributed by atoms with Gasteiger partial charge in [-0.25, -0.2) is 9.97 Å². The molecular weight excluding hydrogens is 298 g/mol. The molecule has 0 aliphatic carbocycles. The summed E-state index contributed by atoms with van der Waals surface area (Å²) >= 11 is 0. The van der Waals surface area contributed by atoms with Gasteiger partial charge in [-0.2, -0.15) is 0 Å². The van der Waals surface area contributed by atoms with Gasteiger partial charge in [0.2, 0.25) is 0 Å². The van der Waals surface area contributed by atoms with Gasteiger partial charge in [0.1, 0.15) is 0 Å². The monoisotopic (exact) mass is 317 g/mol. The summed E-state index contributed by atoms with van der Waals surface area (Å²) in [4.78, 5) is 21.4. The van der Waals surface area contributed by atoms with Crippen LogP contribution in [0.3, 0.4) is 0 Å². The Morgan fingerprint density at radius 3 is 2.21 bits per heavy atom. The molecule has 0 saturated heterocycles. The molecule has 4 heteroatoms. The van der Waals surface area contributed by atoms with Crippen LogP contribution in [0.4, 0.5) is 5.69 Å². The number of aromatic nitrogens is 2. The summed E-state index contributed by atoms with van der Waals surface area (Å²) < 4.78 is 0. The molecule has 0 bridgehead atoms. The van der Waals surface area contributed by atoms with E-state index in [0.29, 0.717) is 17.1 Å². The predicted molar refractivity (Wildman–Crippen MR) is 96.1 cm³/mol. The van der Waals surface area contributed by atoms with Crippen LogP contribution in [0.2, 0.25) is 0 Å². The number of nitrogens with zero attached hydrogens (tertiary/aromatic N) is 2. The molecule has 3 rings (SSSR count). The van der Waals surface area contributed by atoms with E-state index >= 15 is 0 Å². The molecule has 0 fully saturated rings. The number of para-hydroxylation sites is 1. The van der Waals surface area contributed by atoms with Gasteiger partial charge < -0.3 is 5.32 Å². The highest BCUT2D eigenvalue weighted by atomic mass is 16.1. The van der Waals surface area contributed by atoms with Gasteiger partial charge in [0.05, 0.1) is 11.3 Å². The first-order valence-electron chi connectivity index (χ1n) is 7.83. The van der Waals surface area contributed by atoms with Gasteiger partial charge in [0.15, 0.2) is 5.82 Å². The zero-order valence-electron chi connectivity index (χ0n) is 14.0. The minimum Gasteiger partial charge on any atom is -0.321 e. The lowest BCUT2D eigenvalue weighted by Crippen LogP contribution is -2.16. The van der Waals surface area contributed by atoms with Crippen molar-refractivity contribution >= 4 is 11.6 Å². The Balaban J connectivity index is 1.89. The van der Waals surface area contributed by atoms with E-state index in [1.165, 1.54) is 0 Å². The first-order valence-corrected chi connectivity index (χ1v) is 7.83. The van der Waals surface area contributed by atoms with Gasteiger partial charge in [-0.3, -0.25) is 4.79 Å². The van der Waals surface area contributed by atoms with E-state index in [4.69, 9.17) is 0 Å². The summed E-state index contributed by atoms with van der Waals surface area (Å²) in [6.07, 6.45) is 1.59. The highest BCUT2D eigenvalue weighted by molar-refractivity contribution is 6.05. The van der Waals surface area contributed by atoms with Gasteiger partial charge >= 0.3 is 0 Å². The SMILES string of the molecule is Cc1cccc(C)c1NC(=O)c1cnc(-c2ccccc2)nc1C. The number of nitrogens with one attached hydrogen (secondary N) is 1. The molecule has 2 aromatic carbocycles. The zero-order valence-corrected chi connectivity index (χ0v) is 14.0. The summed E-state index contributed by atoms with van der Waals surface area (Å²) in [6.45, 7) is 5.78. The number of carbonyl (C=O) groups is 1. The van der Waals surface area contributed by atoms with Gasteiger partial charge in [-0.15, -0.1) is 0 Å². The Bertz CT molecular complexity index is 868. The summed E-state index contributed by atoms with van der Waals surface area (Å²) in [6, 6.07) is 15.7. The Kier molecular flexibility index (Phi) is 4.38. The summed E-state index contributed by atoms with van der Waals surface area (Å²) in [5.74, 6) is 0.432. The lowest BCUT2D eigenvalue weighted by molar-refractivity contribution is 0.102. The van der Waals surface area contributed by atoms with E-state index in [-0.39, 0.29) is 5.91 Å². The van der Waals surface area contributed by atoms with Crippen LogP contribution in [-0.2, 0) is 0 Å². The third-order valence-electron chi connectivity index (χ3n) is 3.98. The number of rotatable bonds is 3. The molecule has 1 amide bonds. The molecule has 1 aromatic heterocycles. The van der Waals surface area contributed by atoms with Crippen LogP contribution in [-0.4, -0.2) is 15.9 Å². The van der Waals surface area contributed by atoms with Crippen molar-refractivity contribution in [1.82, 2.24) is 9.97 Å². The number of aryl methyl sites for hydroxylation is 3. The molecule has 3 aromatic rings. The first kappa shape index (κ1) is 15.9. The number of hydrogen-bond acceptors (Lipinski definition) is 3. The fraction of sp³-hybridized carbons (Fsp3) is 0.150. The molecule has 0 radical (unpaired) electrons. The van der Waals surface area contributed by atoms with Gasteiger partial charge in [0.25, 0.3) is 5.91 Å². The maximum absolute atomic E-state index is 12.6. The van der Waals surface area contributed by atoms with E-state index in [9.17, 15) is 4.79 Å². The average Bonchev–Trinajstić information content (AvgIpc) is 2.59. The lowest BCUT2D eigenvalue weighted by atomic mass is 10.1. The van der Waals surface area contributed by atoms with Crippen molar-refractivity contribution in [2.75, 3.05) is 5.32 Å². The molecule has 0 spiro atoms. The number of anilines is 1. The van der Waals surface area contributed by atoms with Crippen molar-refractivity contribution in [3.05, 3.63) is 77.1 Å². The molecule has 24 heavy (non-hydrogen) atoms. The third-order valence-corrected chi connectivity index (χ3v) is 3.98. The van der Waals surface area contributed by atoms with Gasteiger partial charge in [-0.1, -0.05) is 48.5 Å². The molecule has 120 valence electrons. The van der Waals surface area contributed by atoms with Crippen molar-refractivity contribution in [3.8, 4) is 11.4 Å². The maximum atomic E-state index is 12.6. The topological polar surface area (TPSA) is 54.9 Å². The van der Waals surface area contributed by atoms with Gasteiger partial charge in [0, 0.05) is 17.4 Å².